The van der Waals surface area contributed by atoms with Crippen LogP contribution >= 0.6 is 0 Å². The number of pyridine rings is 1. The molecule has 1 aromatic carbocycles. The van der Waals surface area contributed by atoms with Gasteiger partial charge in [0.2, 0.25) is 11.8 Å². The third-order valence-corrected chi connectivity index (χ3v) is 5.61. The van der Waals surface area contributed by atoms with Gasteiger partial charge in [0.25, 0.3) is 0 Å². The summed E-state index contributed by atoms with van der Waals surface area (Å²) >= 11 is 0. The summed E-state index contributed by atoms with van der Waals surface area (Å²) in [5, 5.41) is 6.37. The van der Waals surface area contributed by atoms with Gasteiger partial charge < -0.3 is 10.6 Å². The average Bonchev–Trinajstić information content (AvgIpc) is 3.25. The van der Waals surface area contributed by atoms with Gasteiger partial charge in [-0.2, -0.15) is 0 Å². The standard InChI is InChI=1S/C26H36N4O2/c1-25(2,3)19-11-13-20(14-12-19)30(24(32)21-10-8-16-28-21)22(18-9-7-15-27-17-18)23(31)29-26(4,5)6/h7,9,11-15,17,21-22,28H,8,10,16H2,1-6H3,(H,29,31). The molecule has 2 aromatic rings. The molecule has 0 aliphatic carbocycles. The molecule has 2 atom stereocenters. The summed E-state index contributed by atoms with van der Waals surface area (Å²) < 4.78 is 0. The molecular formula is C26H36N4O2. The van der Waals surface area contributed by atoms with Crippen LogP contribution in [-0.2, 0) is 15.0 Å². The van der Waals surface area contributed by atoms with E-state index in [9.17, 15) is 9.59 Å². The van der Waals surface area contributed by atoms with Gasteiger partial charge in [-0.05, 0) is 69.3 Å². The van der Waals surface area contributed by atoms with Crippen molar-refractivity contribution in [1.82, 2.24) is 15.6 Å². The van der Waals surface area contributed by atoms with E-state index in [-0.39, 0.29) is 23.3 Å². The summed E-state index contributed by atoms with van der Waals surface area (Å²) in [7, 11) is 0. The molecule has 1 fully saturated rings. The van der Waals surface area contributed by atoms with Crippen molar-refractivity contribution in [3.05, 3.63) is 59.9 Å². The molecule has 0 bridgehead atoms. The van der Waals surface area contributed by atoms with Gasteiger partial charge in [0.05, 0.1) is 6.04 Å². The lowest BCUT2D eigenvalue weighted by Gasteiger charge is -2.35. The fourth-order valence-electron chi connectivity index (χ4n) is 3.98. The molecule has 2 amide bonds. The van der Waals surface area contributed by atoms with Gasteiger partial charge in [-0.15, -0.1) is 0 Å². The van der Waals surface area contributed by atoms with Crippen molar-refractivity contribution < 1.29 is 9.59 Å². The Hall–Kier alpha value is -2.73. The van der Waals surface area contributed by atoms with E-state index in [0.29, 0.717) is 11.3 Å². The number of aromatic nitrogens is 1. The van der Waals surface area contributed by atoms with Crippen LogP contribution in [-0.4, -0.2) is 34.9 Å². The molecule has 6 nitrogen and oxygen atoms in total. The zero-order valence-corrected chi connectivity index (χ0v) is 20.1. The van der Waals surface area contributed by atoms with Gasteiger partial charge in [0.1, 0.15) is 6.04 Å². The highest BCUT2D eigenvalue weighted by molar-refractivity contribution is 6.04. The number of nitrogens with one attached hydrogen (secondary N) is 2. The Labute approximate surface area is 191 Å². The van der Waals surface area contributed by atoms with Gasteiger partial charge in [0, 0.05) is 29.2 Å². The molecular weight excluding hydrogens is 400 g/mol. The largest absolute Gasteiger partial charge is 0.349 e. The van der Waals surface area contributed by atoms with E-state index in [4.69, 9.17) is 0 Å². The molecule has 0 spiro atoms. The van der Waals surface area contributed by atoms with Crippen LogP contribution in [0.1, 0.15) is 71.6 Å². The van der Waals surface area contributed by atoms with Crippen LogP contribution in [0.15, 0.2) is 48.8 Å². The minimum Gasteiger partial charge on any atom is -0.349 e. The van der Waals surface area contributed by atoms with Crippen molar-refractivity contribution >= 4 is 17.5 Å². The van der Waals surface area contributed by atoms with Crippen LogP contribution in [0.4, 0.5) is 5.69 Å². The van der Waals surface area contributed by atoms with Crippen LogP contribution in [0.25, 0.3) is 0 Å². The van der Waals surface area contributed by atoms with Gasteiger partial charge in [-0.25, -0.2) is 0 Å². The Bertz CT molecular complexity index is 921. The van der Waals surface area contributed by atoms with Crippen molar-refractivity contribution in [1.29, 1.82) is 0 Å². The number of benzene rings is 1. The number of carbonyl (C=O) groups is 2. The van der Waals surface area contributed by atoms with Crippen molar-refractivity contribution in [2.75, 3.05) is 11.4 Å². The van der Waals surface area contributed by atoms with Gasteiger partial charge in [0.15, 0.2) is 0 Å². The van der Waals surface area contributed by atoms with Crippen LogP contribution in [0.2, 0.25) is 0 Å². The van der Waals surface area contributed by atoms with E-state index in [0.717, 1.165) is 19.4 Å². The van der Waals surface area contributed by atoms with Crippen molar-refractivity contribution in [2.24, 2.45) is 0 Å². The maximum atomic E-state index is 13.8. The Balaban J connectivity index is 2.11. The van der Waals surface area contributed by atoms with E-state index >= 15 is 0 Å². The van der Waals surface area contributed by atoms with Crippen molar-refractivity contribution in [3.8, 4) is 0 Å². The van der Waals surface area contributed by atoms with Crippen LogP contribution < -0.4 is 15.5 Å². The summed E-state index contributed by atoms with van der Waals surface area (Å²) in [5.74, 6) is -0.319. The maximum absolute atomic E-state index is 13.8. The first-order chi connectivity index (χ1) is 15.0. The zero-order valence-electron chi connectivity index (χ0n) is 20.1. The Kier molecular flexibility index (Phi) is 7.03. The number of rotatable bonds is 5. The first-order valence-corrected chi connectivity index (χ1v) is 11.4. The normalized spacial score (nSPS) is 17.6. The van der Waals surface area contributed by atoms with Crippen molar-refractivity contribution in [3.63, 3.8) is 0 Å². The highest BCUT2D eigenvalue weighted by atomic mass is 16.2. The molecule has 172 valence electrons. The lowest BCUT2D eigenvalue weighted by Crippen LogP contribution is -2.52. The summed E-state index contributed by atoms with van der Waals surface area (Å²) in [6, 6.07) is 10.5. The fraction of sp³-hybridized carbons (Fsp3) is 0.500. The minimum atomic E-state index is -0.821. The quantitative estimate of drug-likeness (QED) is 0.739. The molecule has 6 heteroatoms. The molecule has 1 aliphatic heterocycles. The molecule has 2 N–H and O–H groups in total. The number of amides is 2. The van der Waals surface area contributed by atoms with E-state index in [1.165, 1.54) is 5.56 Å². The highest BCUT2D eigenvalue weighted by Gasteiger charge is 2.38. The first-order valence-electron chi connectivity index (χ1n) is 11.4. The fourth-order valence-corrected chi connectivity index (χ4v) is 3.98. The Morgan fingerprint density at radius 2 is 1.78 bits per heavy atom. The maximum Gasteiger partial charge on any atom is 0.248 e. The lowest BCUT2D eigenvalue weighted by molar-refractivity contribution is -0.128. The molecule has 32 heavy (non-hydrogen) atoms. The monoisotopic (exact) mass is 436 g/mol. The second-order valence-corrected chi connectivity index (χ2v) is 10.6. The summed E-state index contributed by atoms with van der Waals surface area (Å²) in [6.07, 6.45) is 5.04. The SMILES string of the molecule is CC(C)(C)NC(=O)C(c1cccnc1)N(C(=O)C1CCCN1)c1ccc(C(C)(C)C)cc1. The molecule has 1 aromatic heterocycles. The third kappa shape index (κ3) is 5.74. The smallest absolute Gasteiger partial charge is 0.248 e. The van der Waals surface area contributed by atoms with E-state index in [2.05, 4.69) is 36.4 Å². The molecule has 2 unspecified atom stereocenters. The molecule has 3 rings (SSSR count). The topological polar surface area (TPSA) is 74.3 Å². The number of nitrogens with zero attached hydrogens (tertiary/aromatic N) is 2. The van der Waals surface area contributed by atoms with Crippen LogP contribution in [0, 0.1) is 0 Å². The first kappa shape index (κ1) is 23.9. The molecule has 0 saturated carbocycles. The summed E-state index contributed by atoms with van der Waals surface area (Å²) in [5.41, 5.74) is 2.11. The number of hydrogen-bond acceptors (Lipinski definition) is 4. The minimum absolute atomic E-state index is 0.00720. The molecule has 1 aliphatic rings. The molecule has 2 heterocycles. The van der Waals surface area contributed by atoms with E-state index in [1.54, 1.807) is 23.4 Å². The number of hydrogen-bond donors (Lipinski definition) is 2. The summed E-state index contributed by atoms with van der Waals surface area (Å²) in [4.78, 5) is 33.2. The number of carbonyl (C=O) groups excluding carboxylic acids is 2. The van der Waals surface area contributed by atoms with E-state index < -0.39 is 11.6 Å². The highest BCUT2D eigenvalue weighted by Crippen LogP contribution is 2.32. The van der Waals surface area contributed by atoms with Gasteiger partial charge in [-0.1, -0.05) is 39.0 Å². The van der Waals surface area contributed by atoms with Crippen molar-refractivity contribution in [2.45, 2.75) is 77.4 Å². The number of anilines is 1. The Morgan fingerprint density at radius 1 is 1.09 bits per heavy atom. The van der Waals surface area contributed by atoms with Crippen LogP contribution in [0.5, 0.6) is 0 Å². The summed E-state index contributed by atoms with van der Waals surface area (Å²) in [6.45, 7) is 13.1. The predicted octanol–water partition coefficient (Wildman–Crippen LogP) is 4.12. The second kappa shape index (κ2) is 9.41. The van der Waals surface area contributed by atoms with E-state index in [1.807, 2.05) is 51.1 Å². The Morgan fingerprint density at radius 3 is 2.28 bits per heavy atom. The lowest BCUT2D eigenvalue weighted by atomic mass is 9.87. The average molecular weight is 437 g/mol. The van der Waals surface area contributed by atoms with Gasteiger partial charge in [-0.3, -0.25) is 19.5 Å². The van der Waals surface area contributed by atoms with Gasteiger partial charge >= 0.3 is 0 Å². The predicted molar refractivity (Wildman–Crippen MR) is 129 cm³/mol. The zero-order chi connectivity index (χ0) is 23.5. The molecule has 0 radical (unpaired) electrons. The third-order valence-electron chi connectivity index (χ3n) is 5.61. The second-order valence-electron chi connectivity index (χ2n) is 10.6. The van der Waals surface area contributed by atoms with Crippen LogP contribution in [0.3, 0.4) is 0 Å². The molecule has 1 saturated heterocycles.